The largest absolute Gasteiger partial charge is 0.354 e. The average molecular weight is 359 g/mol. The van der Waals surface area contributed by atoms with E-state index in [0.29, 0.717) is 11.3 Å². The molecule has 0 saturated carbocycles. The van der Waals surface area contributed by atoms with Gasteiger partial charge in [-0.05, 0) is 24.6 Å². The Morgan fingerprint density at radius 2 is 1.85 bits per heavy atom. The molecule has 0 fully saturated rings. The van der Waals surface area contributed by atoms with Crippen molar-refractivity contribution in [3.8, 4) is 22.5 Å². The molecule has 2 N–H and O–H groups in total. The molecule has 2 aromatic carbocycles. The molecule has 134 valence electrons. The normalized spacial score (nSPS) is 10.9. The van der Waals surface area contributed by atoms with Crippen molar-refractivity contribution in [1.29, 1.82) is 0 Å². The van der Waals surface area contributed by atoms with E-state index in [1.807, 2.05) is 55.5 Å². The molecule has 1 amide bonds. The first-order valence-electron chi connectivity index (χ1n) is 8.49. The summed E-state index contributed by atoms with van der Waals surface area (Å²) in [5, 5.41) is 7.32. The smallest absolute Gasteiger partial charge is 0.260 e. The number of H-pyrrole nitrogens is 1. The van der Waals surface area contributed by atoms with Crippen molar-refractivity contribution in [2.24, 2.45) is 0 Å². The van der Waals surface area contributed by atoms with Crippen LogP contribution in [0.2, 0.25) is 0 Å². The summed E-state index contributed by atoms with van der Waals surface area (Å²) >= 11 is 0. The number of rotatable bonds is 3. The maximum absolute atomic E-state index is 12.9. The Bertz CT molecular complexity index is 1210. The predicted octanol–water partition coefficient (Wildman–Crippen LogP) is 4.12. The Balaban J connectivity index is 2.05. The quantitative estimate of drug-likeness (QED) is 0.576. The van der Waals surface area contributed by atoms with Crippen LogP contribution in [0.5, 0.6) is 0 Å². The van der Waals surface area contributed by atoms with Crippen molar-refractivity contribution in [2.75, 3.05) is 5.32 Å². The summed E-state index contributed by atoms with van der Waals surface area (Å²) in [5.74, 6) is 0.295. The van der Waals surface area contributed by atoms with Gasteiger partial charge in [0.25, 0.3) is 5.56 Å². The van der Waals surface area contributed by atoms with Gasteiger partial charge < -0.3 is 14.8 Å². The lowest BCUT2D eigenvalue weighted by Crippen LogP contribution is -2.11. The zero-order chi connectivity index (χ0) is 19.0. The zero-order valence-electron chi connectivity index (χ0n) is 14.9. The highest BCUT2D eigenvalue weighted by molar-refractivity contribution is 6.02. The second kappa shape index (κ2) is 6.57. The Morgan fingerprint density at radius 3 is 2.59 bits per heavy atom. The van der Waals surface area contributed by atoms with E-state index in [0.717, 1.165) is 27.6 Å². The van der Waals surface area contributed by atoms with Crippen LogP contribution in [-0.2, 0) is 4.79 Å². The maximum Gasteiger partial charge on any atom is 0.260 e. The van der Waals surface area contributed by atoms with E-state index in [2.05, 4.69) is 15.5 Å². The number of fused-ring (bicyclic) bond motifs is 1. The van der Waals surface area contributed by atoms with Crippen molar-refractivity contribution >= 4 is 22.6 Å². The molecule has 6 nitrogen and oxygen atoms in total. The first-order valence-corrected chi connectivity index (χ1v) is 8.49. The fourth-order valence-corrected chi connectivity index (χ4v) is 3.18. The van der Waals surface area contributed by atoms with Gasteiger partial charge in [0, 0.05) is 29.5 Å². The zero-order valence-corrected chi connectivity index (χ0v) is 14.9. The van der Waals surface area contributed by atoms with Crippen LogP contribution in [0.15, 0.2) is 63.9 Å². The number of carbonyl (C=O) groups is 1. The van der Waals surface area contributed by atoms with E-state index < -0.39 is 0 Å². The van der Waals surface area contributed by atoms with E-state index in [-0.39, 0.29) is 17.3 Å². The highest BCUT2D eigenvalue weighted by Gasteiger charge is 2.20. The van der Waals surface area contributed by atoms with Gasteiger partial charge in [0.05, 0.1) is 5.56 Å². The molecule has 0 spiro atoms. The Kier molecular flexibility index (Phi) is 4.08. The van der Waals surface area contributed by atoms with Crippen LogP contribution in [0.1, 0.15) is 12.5 Å². The third-order valence-electron chi connectivity index (χ3n) is 4.29. The third kappa shape index (κ3) is 3.13. The molecule has 2 heterocycles. The minimum Gasteiger partial charge on any atom is -0.354 e. The molecule has 27 heavy (non-hydrogen) atoms. The van der Waals surface area contributed by atoms with E-state index in [4.69, 9.17) is 4.52 Å². The van der Waals surface area contributed by atoms with Gasteiger partial charge in [0.1, 0.15) is 0 Å². The van der Waals surface area contributed by atoms with Crippen LogP contribution in [0.4, 0.5) is 5.82 Å². The lowest BCUT2D eigenvalue weighted by molar-refractivity contribution is -0.114. The molecule has 0 saturated heterocycles. The van der Waals surface area contributed by atoms with Gasteiger partial charge in [-0.1, -0.05) is 47.1 Å². The fraction of sp³-hybridized carbons (Fsp3) is 0.0952. The minimum absolute atomic E-state index is 0.263. The number of aromatic nitrogens is 2. The number of nitrogens with one attached hydrogen (secondary N) is 2. The van der Waals surface area contributed by atoms with Gasteiger partial charge in [0.2, 0.25) is 5.91 Å². The van der Waals surface area contributed by atoms with Crippen LogP contribution in [0.3, 0.4) is 0 Å². The van der Waals surface area contributed by atoms with E-state index in [1.54, 1.807) is 6.07 Å². The number of hydrogen-bond acceptors (Lipinski definition) is 4. The average Bonchev–Trinajstić information content (AvgIpc) is 3.09. The summed E-state index contributed by atoms with van der Waals surface area (Å²) in [4.78, 5) is 27.1. The summed E-state index contributed by atoms with van der Waals surface area (Å²) in [6.45, 7) is 3.39. The second-order valence-corrected chi connectivity index (χ2v) is 6.38. The number of hydrogen-bond donors (Lipinski definition) is 2. The first-order chi connectivity index (χ1) is 13.0. The maximum atomic E-state index is 12.9. The lowest BCUT2D eigenvalue weighted by atomic mass is 9.94. The van der Waals surface area contributed by atoms with Crippen LogP contribution < -0.4 is 10.9 Å². The predicted molar refractivity (Wildman–Crippen MR) is 105 cm³/mol. The van der Waals surface area contributed by atoms with Gasteiger partial charge in [-0.2, -0.15) is 0 Å². The van der Waals surface area contributed by atoms with Crippen molar-refractivity contribution in [1.82, 2.24) is 10.1 Å². The Hall–Kier alpha value is -3.67. The Labute approximate surface area is 154 Å². The standard InChI is InChI=1S/C21H17N3O3/c1-12-8-9-16-15(10-12)19(14-6-4-3-5-7-14)20(21(26)23-16)17-11-18(24-27-17)22-13(2)25/h3-11H,1-2H3,(H,23,26)(H,22,24,25). The summed E-state index contributed by atoms with van der Waals surface area (Å²) in [6.07, 6.45) is 0. The number of aromatic amines is 1. The fourth-order valence-electron chi connectivity index (χ4n) is 3.18. The molecule has 0 aliphatic carbocycles. The second-order valence-electron chi connectivity index (χ2n) is 6.38. The summed E-state index contributed by atoms with van der Waals surface area (Å²) < 4.78 is 5.39. The van der Waals surface area contributed by atoms with Crippen molar-refractivity contribution in [3.63, 3.8) is 0 Å². The number of amides is 1. The molecule has 4 rings (SSSR count). The van der Waals surface area contributed by atoms with Crippen LogP contribution >= 0.6 is 0 Å². The molecule has 0 aliphatic heterocycles. The number of nitrogens with zero attached hydrogens (tertiary/aromatic N) is 1. The number of carbonyl (C=O) groups excluding carboxylic acids is 1. The third-order valence-corrected chi connectivity index (χ3v) is 4.29. The van der Waals surface area contributed by atoms with Gasteiger partial charge in [-0.25, -0.2) is 0 Å². The highest BCUT2D eigenvalue weighted by atomic mass is 16.5. The molecule has 2 aromatic heterocycles. The Morgan fingerprint density at radius 1 is 1.07 bits per heavy atom. The molecule has 0 radical (unpaired) electrons. The number of aryl methyl sites for hydroxylation is 1. The number of pyridine rings is 1. The van der Waals surface area contributed by atoms with Crippen LogP contribution in [-0.4, -0.2) is 16.0 Å². The minimum atomic E-state index is -0.282. The molecule has 6 heteroatoms. The highest BCUT2D eigenvalue weighted by Crippen LogP contribution is 2.36. The summed E-state index contributed by atoms with van der Waals surface area (Å²) in [6, 6.07) is 17.1. The van der Waals surface area contributed by atoms with Gasteiger partial charge in [0.15, 0.2) is 11.6 Å². The molecule has 0 atom stereocenters. The molecule has 0 aliphatic rings. The topological polar surface area (TPSA) is 88.0 Å². The monoisotopic (exact) mass is 359 g/mol. The number of benzene rings is 2. The van der Waals surface area contributed by atoms with E-state index in [9.17, 15) is 9.59 Å². The summed E-state index contributed by atoms with van der Waals surface area (Å²) in [5.41, 5.74) is 3.58. The van der Waals surface area contributed by atoms with Crippen LogP contribution in [0.25, 0.3) is 33.4 Å². The number of anilines is 1. The van der Waals surface area contributed by atoms with E-state index in [1.165, 1.54) is 6.92 Å². The van der Waals surface area contributed by atoms with Gasteiger partial charge in [-0.3, -0.25) is 9.59 Å². The summed E-state index contributed by atoms with van der Waals surface area (Å²) in [7, 11) is 0. The molecule has 4 aromatic rings. The first kappa shape index (κ1) is 16.8. The molecular weight excluding hydrogens is 342 g/mol. The van der Waals surface area contributed by atoms with Crippen molar-refractivity contribution < 1.29 is 9.32 Å². The lowest BCUT2D eigenvalue weighted by Gasteiger charge is -2.12. The van der Waals surface area contributed by atoms with Gasteiger partial charge >= 0.3 is 0 Å². The van der Waals surface area contributed by atoms with Crippen molar-refractivity contribution in [3.05, 3.63) is 70.5 Å². The van der Waals surface area contributed by atoms with Crippen molar-refractivity contribution in [2.45, 2.75) is 13.8 Å². The van der Waals surface area contributed by atoms with Crippen LogP contribution in [0, 0.1) is 6.92 Å². The van der Waals surface area contributed by atoms with Gasteiger partial charge in [-0.15, -0.1) is 0 Å². The van der Waals surface area contributed by atoms with E-state index >= 15 is 0 Å². The molecule has 0 bridgehead atoms. The molecular formula is C21H17N3O3. The molecule has 0 unspecified atom stereocenters. The SMILES string of the molecule is CC(=O)Nc1cc(-c2c(-c3ccccc3)c3cc(C)ccc3[nH]c2=O)on1.